The van der Waals surface area contributed by atoms with E-state index >= 15 is 0 Å². The van der Waals surface area contributed by atoms with Crippen LogP contribution in [0.4, 0.5) is 5.82 Å². The lowest BCUT2D eigenvalue weighted by atomic mass is 10.0. The molecule has 1 atom stereocenters. The zero-order valence-corrected chi connectivity index (χ0v) is 8.36. The van der Waals surface area contributed by atoms with Gasteiger partial charge in [0, 0.05) is 12.1 Å². The van der Waals surface area contributed by atoms with Crippen LogP contribution in [0.1, 0.15) is 29.8 Å². The summed E-state index contributed by atoms with van der Waals surface area (Å²) >= 11 is 0. The average Bonchev–Trinajstić information content (AvgIpc) is 2.66. The maximum atomic E-state index is 11.7. The van der Waals surface area contributed by atoms with Gasteiger partial charge in [-0.25, -0.2) is 0 Å². The minimum absolute atomic E-state index is 0.139. The van der Waals surface area contributed by atoms with Gasteiger partial charge in [0.25, 0.3) is 5.91 Å². The van der Waals surface area contributed by atoms with E-state index in [2.05, 4.69) is 27.7 Å². The first-order chi connectivity index (χ1) is 7.25. The van der Waals surface area contributed by atoms with Crippen molar-refractivity contribution < 1.29 is 4.79 Å². The number of carbonyl (C=O) groups is 1. The summed E-state index contributed by atoms with van der Waals surface area (Å²) in [5, 5.41) is 9.23. The molecule has 4 N–H and O–H groups in total. The second-order valence-electron chi connectivity index (χ2n) is 3.66. The molecule has 1 aromatic heterocycles. The third kappa shape index (κ3) is 2.37. The Hall–Kier alpha value is -1.78. The molecule has 0 radical (unpaired) electrons. The Morgan fingerprint density at radius 2 is 2.47 bits per heavy atom. The van der Waals surface area contributed by atoms with Crippen molar-refractivity contribution in [2.75, 3.05) is 5.73 Å². The van der Waals surface area contributed by atoms with Crippen molar-refractivity contribution >= 4 is 11.7 Å². The summed E-state index contributed by atoms with van der Waals surface area (Å²) in [4.78, 5) is 11.7. The molecular formula is C10H14N4O. The van der Waals surface area contributed by atoms with Gasteiger partial charge in [0.2, 0.25) is 0 Å². The molecule has 80 valence electrons. The van der Waals surface area contributed by atoms with Gasteiger partial charge in [-0.3, -0.25) is 9.89 Å². The molecule has 0 bridgehead atoms. The lowest BCUT2D eigenvalue weighted by molar-refractivity contribution is 0.0929. The first-order valence-corrected chi connectivity index (χ1v) is 5.02. The molecule has 2 rings (SSSR count). The molecule has 0 spiro atoms. The Balaban J connectivity index is 1.94. The number of rotatable bonds is 2. The third-order valence-electron chi connectivity index (χ3n) is 2.45. The predicted octanol–water partition coefficient (Wildman–Crippen LogP) is 0.830. The molecule has 0 fully saturated rings. The standard InChI is InChI=1S/C10H14N4O/c11-9-6-8(13-14-9)10(15)12-7-4-2-1-3-5-7/h1-2,6-7H,3-5H2,(H,12,15)(H3,11,13,14). The molecule has 1 heterocycles. The molecule has 0 aromatic carbocycles. The molecule has 0 saturated carbocycles. The van der Waals surface area contributed by atoms with Gasteiger partial charge in [-0.2, -0.15) is 5.10 Å². The average molecular weight is 206 g/mol. The van der Waals surface area contributed by atoms with E-state index in [0.717, 1.165) is 19.3 Å². The summed E-state index contributed by atoms with van der Waals surface area (Å²) < 4.78 is 0. The maximum Gasteiger partial charge on any atom is 0.269 e. The molecule has 1 amide bonds. The number of anilines is 1. The van der Waals surface area contributed by atoms with Gasteiger partial charge in [-0.1, -0.05) is 12.2 Å². The van der Waals surface area contributed by atoms with Crippen LogP contribution < -0.4 is 11.1 Å². The summed E-state index contributed by atoms with van der Waals surface area (Å²) in [5.41, 5.74) is 5.83. The highest BCUT2D eigenvalue weighted by Gasteiger charge is 2.15. The van der Waals surface area contributed by atoms with Crippen molar-refractivity contribution in [3.8, 4) is 0 Å². The molecule has 5 heteroatoms. The summed E-state index contributed by atoms with van der Waals surface area (Å²) in [6.07, 6.45) is 7.14. The highest BCUT2D eigenvalue weighted by Crippen LogP contribution is 2.11. The normalized spacial score (nSPS) is 20.1. The fourth-order valence-electron chi connectivity index (χ4n) is 1.64. The smallest absolute Gasteiger partial charge is 0.269 e. The molecule has 0 aliphatic heterocycles. The quantitative estimate of drug-likeness (QED) is 0.627. The van der Waals surface area contributed by atoms with Crippen LogP contribution in [0.3, 0.4) is 0 Å². The maximum absolute atomic E-state index is 11.7. The van der Waals surface area contributed by atoms with Crippen molar-refractivity contribution in [1.29, 1.82) is 0 Å². The van der Waals surface area contributed by atoms with Crippen LogP contribution in [0.2, 0.25) is 0 Å². The molecule has 1 unspecified atom stereocenters. The van der Waals surface area contributed by atoms with Crippen molar-refractivity contribution in [3.05, 3.63) is 23.9 Å². The van der Waals surface area contributed by atoms with E-state index in [9.17, 15) is 4.79 Å². The number of allylic oxidation sites excluding steroid dienone is 1. The van der Waals surface area contributed by atoms with Crippen LogP contribution in [-0.4, -0.2) is 22.1 Å². The second kappa shape index (κ2) is 4.16. The van der Waals surface area contributed by atoms with Crippen LogP contribution in [0, 0.1) is 0 Å². The fourth-order valence-corrected chi connectivity index (χ4v) is 1.64. The van der Waals surface area contributed by atoms with E-state index in [1.54, 1.807) is 0 Å². The number of hydrogen-bond acceptors (Lipinski definition) is 3. The predicted molar refractivity (Wildman–Crippen MR) is 57.2 cm³/mol. The Kier molecular flexibility index (Phi) is 2.71. The van der Waals surface area contributed by atoms with Gasteiger partial charge in [0.15, 0.2) is 0 Å². The van der Waals surface area contributed by atoms with E-state index in [0.29, 0.717) is 11.5 Å². The van der Waals surface area contributed by atoms with Crippen molar-refractivity contribution in [1.82, 2.24) is 15.5 Å². The Morgan fingerprint density at radius 1 is 1.60 bits per heavy atom. The highest BCUT2D eigenvalue weighted by atomic mass is 16.2. The third-order valence-corrected chi connectivity index (χ3v) is 2.45. The number of H-pyrrole nitrogens is 1. The largest absolute Gasteiger partial charge is 0.382 e. The minimum Gasteiger partial charge on any atom is -0.382 e. The number of nitrogens with one attached hydrogen (secondary N) is 2. The highest BCUT2D eigenvalue weighted by molar-refractivity contribution is 5.93. The summed E-state index contributed by atoms with van der Waals surface area (Å²) in [7, 11) is 0. The Bertz CT molecular complexity index is 383. The first-order valence-electron chi connectivity index (χ1n) is 5.02. The zero-order valence-electron chi connectivity index (χ0n) is 8.36. The molecule has 1 aliphatic carbocycles. The second-order valence-corrected chi connectivity index (χ2v) is 3.66. The number of aromatic amines is 1. The van der Waals surface area contributed by atoms with Gasteiger partial charge in [-0.15, -0.1) is 0 Å². The van der Waals surface area contributed by atoms with Crippen molar-refractivity contribution in [3.63, 3.8) is 0 Å². The van der Waals surface area contributed by atoms with Crippen LogP contribution in [0.25, 0.3) is 0 Å². The Morgan fingerprint density at radius 3 is 3.07 bits per heavy atom. The van der Waals surface area contributed by atoms with Gasteiger partial charge < -0.3 is 11.1 Å². The van der Waals surface area contributed by atoms with Gasteiger partial charge >= 0.3 is 0 Å². The zero-order chi connectivity index (χ0) is 10.7. The van der Waals surface area contributed by atoms with Crippen molar-refractivity contribution in [2.24, 2.45) is 0 Å². The Labute approximate surface area is 87.7 Å². The van der Waals surface area contributed by atoms with E-state index in [4.69, 9.17) is 5.73 Å². The number of aromatic nitrogens is 2. The topological polar surface area (TPSA) is 83.8 Å². The molecule has 5 nitrogen and oxygen atoms in total. The first kappa shape index (κ1) is 9.76. The summed E-state index contributed by atoms with van der Waals surface area (Å²) in [6, 6.07) is 1.76. The number of nitrogens with zero attached hydrogens (tertiary/aromatic N) is 1. The fraction of sp³-hybridized carbons (Fsp3) is 0.400. The monoisotopic (exact) mass is 206 g/mol. The number of hydrogen-bond donors (Lipinski definition) is 3. The summed E-state index contributed by atoms with van der Waals surface area (Å²) in [6.45, 7) is 0. The van der Waals surface area contributed by atoms with E-state index < -0.39 is 0 Å². The minimum atomic E-state index is -0.139. The molecule has 1 aliphatic rings. The number of carbonyl (C=O) groups excluding carboxylic acids is 1. The molecule has 15 heavy (non-hydrogen) atoms. The lowest BCUT2D eigenvalue weighted by Crippen LogP contribution is -2.35. The van der Waals surface area contributed by atoms with Gasteiger partial charge in [0.05, 0.1) is 0 Å². The van der Waals surface area contributed by atoms with Crippen LogP contribution in [0.5, 0.6) is 0 Å². The number of nitrogens with two attached hydrogens (primary N) is 1. The summed E-state index contributed by atoms with van der Waals surface area (Å²) in [5.74, 6) is 0.197. The van der Waals surface area contributed by atoms with Crippen LogP contribution >= 0.6 is 0 Å². The van der Waals surface area contributed by atoms with Gasteiger partial charge in [-0.05, 0) is 19.3 Å². The SMILES string of the molecule is Nc1cc(C(=O)NC2CC=CCC2)[nH]n1. The van der Waals surface area contributed by atoms with E-state index in [1.807, 2.05) is 0 Å². The van der Waals surface area contributed by atoms with Crippen LogP contribution in [-0.2, 0) is 0 Å². The number of amides is 1. The molecular weight excluding hydrogens is 192 g/mol. The molecule has 1 aromatic rings. The van der Waals surface area contributed by atoms with Gasteiger partial charge in [0.1, 0.15) is 11.5 Å². The van der Waals surface area contributed by atoms with Crippen molar-refractivity contribution in [2.45, 2.75) is 25.3 Å². The van der Waals surface area contributed by atoms with E-state index in [1.165, 1.54) is 6.07 Å². The number of nitrogen functional groups attached to an aromatic ring is 1. The van der Waals surface area contributed by atoms with E-state index in [-0.39, 0.29) is 11.9 Å². The molecule has 0 saturated heterocycles. The lowest BCUT2D eigenvalue weighted by Gasteiger charge is -2.18. The van der Waals surface area contributed by atoms with Crippen LogP contribution in [0.15, 0.2) is 18.2 Å².